The van der Waals surface area contributed by atoms with Crippen molar-refractivity contribution in [3.8, 4) is 0 Å². The normalized spacial score (nSPS) is 15.4. The van der Waals surface area contributed by atoms with Crippen LogP contribution in [-0.4, -0.2) is 20.3 Å². The average Bonchev–Trinajstić information content (AvgIpc) is 2.34. The van der Waals surface area contributed by atoms with E-state index in [-0.39, 0.29) is 6.04 Å². The van der Waals surface area contributed by atoms with Crippen molar-refractivity contribution in [2.24, 2.45) is 11.3 Å². The first-order chi connectivity index (χ1) is 8.45. The lowest BCUT2D eigenvalue weighted by Crippen LogP contribution is -2.34. The van der Waals surface area contributed by atoms with E-state index in [2.05, 4.69) is 57.3 Å². The number of rotatable bonds is 6. The summed E-state index contributed by atoms with van der Waals surface area (Å²) in [5, 5.41) is 3.62. The monoisotopic (exact) mass is 249 g/mol. The molecule has 1 aromatic rings. The minimum absolute atomic E-state index is 0.279. The van der Waals surface area contributed by atoms with Gasteiger partial charge < -0.3 is 10.1 Å². The highest BCUT2D eigenvalue weighted by Gasteiger charge is 2.21. The van der Waals surface area contributed by atoms with E-state index in [0.717, 1.165) is 6.54 Å². The number of hydrogen-bond donors (Lipinski definition) is 1. The topological polar surface area (TPSA) is 21.3 Å². The Morgan fingerprint density at radius 3 is 2.28 bits per heavy atom. The van der Waals surface area contributed by atoms with E-state index in [1.807, 2.05) is 6.07 Å². The predicted octanol–water partition coefficient (Wildman–Crippen LogP) is 3.65. The molecule has 18 heavy (non-hydrogen) atoms. The molecule has 1 N–H and O–H groups in total. The third kappa shape index (κ3) is 4.79. The highest BCUT2D eigenvalue weighted by atomic mass is 16.5. The second kappa shape index (κ2) is 6.91. The van der Waals surface area contributed by atoms with Crippen LogP contribution in [0.5, 0.6) is 0 Å². The fourth-order valence-corrected chi connectivity index (χ4v) is 1.75. The molecule has 2 unspecified atom stereocenters. The van der Waals surface area contributed by atoms with Crippen LogP contribution in [0.15, 0.2) is 30.3 Å². The molecule has 0 spiro atoms. The second-order valence-electron chi connectivity index (χ2n) is 6.09. The zero-order valence-electron chi connectivity index (χ0n) is 12.4. The molecular weight excluding hydrogens is 222 g/mol. The van der Waals surface area contributed by atoms with Gasteiger partial charge in [0.2, 0.25) is 0 Å². The van der Waals surface area contributed by atoms with Crippen molar-refractivity contribution in [2.75, 3.05) is 20.3 Å². The Bertz CT molecular complexity index is 329. The van der Waals surface area contributed by atoms with Gasteiger partial charge >= 0.3 is 0 Å². The van der Waals surface area contributed by atoms with Crippen LogP contribution in [-0.2, 0) is 4.74 Å². The smallest absolute Gasteiger partial charge is 0.0657 e. The van der Waals surface area contributed by atoms with Gasteiger partial charge in [0.1, 0.15) is 0 Å². The van der Waals surface area contributed by atoms with E-state index in [9.17, 15) is 0 Å². The van der Waals surface area contributed by atoms with Crippen LogP contribution in [0, 0.1) is 11.3 Å². The Morgan fingerprint density at radius 2 is 1.78 bits per heavy atom. The van der Waals surface area contributed by atoms with E-state index in [1.165, 1.54) is 5.56 Å². The molecule has 0 aliphatic rings. The van der Waals surface area contributed by atoms with Crippen molar-refractivity contribution < 1.29 is 4.74 Å². The highest BCUT2D eigenvalue weighted by Crippen LogP contribution is 2.25. The summed E-state index contributed by atoms with van der Waals surface area (Å²) in [5.41, 5.74) is 1.63. The largest absolute Gasteiger partial charge is 0.383 e. The van der Waals surface area contributed by atoms with Gasteiger partial charge in [-0.1, -0.05) is 58.0 Å². The van der Waals surface area contributed by atoms with E-state index in [0.29, 0.717) is 17.9 Å². The van der Waals surface area contributed by atoms with Crippen LogP contribution in [0.2, 0.25) is 0 Å². The number of hydrogen-bond acceptors (Lipinski definition) is 2. The average molecular weight is 249 g/mol. The first-order valence-corrected chi connectivity index (χ1v) is 6.72. The lowest BCUT2D eigenvalue weighted by atomic mass is 9.82. The summed E-state index contributed by atoms with van der Waals surface area (Å²) in [6.45, 7) is 10.9. The molecule has 0 saturated carbocycles. The lowest BCUT2D eigenvalue weighted by Gasteiger charge is -2.29. The molecule has 2 heteroatoms. The molecule has 0 radical (unpaired) electrons. The summed E-state index contributed by atoms with van der Waals surface area (Å²) in [7, 11) is 1.75. The van der Waals surface area contributed by atoms with Gasteiger partial charge in [-0.2, -0.15) is 0 Å². The van der Waals surface area contributed by atoms with Gasteiger partial charge in [-0.25, -0.2) is 0 Å². The van der Waals surface area contributed by atoms with Crippen molar-refractivity contribution in [1.29, 1.82) is 0 Å². The molecule has 1 rings (SSSR count). The molecule has 0 fully saturated rings. The van der Waals surface area contributed by atoms with E-state index >= 15 is 0 Å². The van der Waals surface area contributed by atoms with Crippen LogP contribution in [0.4, 0.5) is 0 Å². The van der Waals surface area contributed by atoms with Gasteiger partial charge in [-0.3, -0.25) is 0 Å². The van der Waals surface area contributed by atoms with E-state index in [1.54, 1.807) is 7.11 Å². The lowest BCUT2D eigenvalue weighted by molar-refractivity contribution is 0.157. The van der Waals surface area contributed by atoms with Crippen LogP contribution in [0.25, 0.3) is 0 Å². The molecule has 0 heterocycles. The molecule has 1 aromatic carbocycles. The van der Waals surface area contributed by atoms with Gasteiger partial charge in [0.05, 0.1) is 12.6 Å². The first kappa shape index (κ1) is 15.2. The molecule has 0 aliphatic heterocycles. The first-order valence-electron chi connectivity index (χ1n) is 6.72. The Morgan fingerprint density at radius 1 is 1.17 bits per heavy atom. The number of benzene rings is 1. The maximum absolute atomic E-state index is 5.31. The molecule has 0 aromatic heterocycles. The summed E-state index contributed by atoms with van der Waals surface area (Å²) in [5.74, 6) is 0.626. The minimum atomic E-state index is 0.279. The van der Waals surface area contributed by atoms with Crippen molar-refractivity contribution in [3.05, 3.63) is 35.9 Å². The third-order valence-corrected chi connectivity index (χ3v) is 3.68. The molecule has 102 valence electrons. The fraction of sp³-hybridized carbons (Fsp3) is 0.625. The van der Waals surface area contributed by atoms with Gasteiger partial charge in [0.25, 0.3) is 0 Å². The van der Waals surface area contributed by atoms with Gasteiger partial charge in [0, 0.05) is 7.11 Å². The van der Waals surface area contributed by atoms with Crippen molar-refractivity contribution >= 4 is 0 Å². The Hall–Kier alpha value is -0.860. The summed E-state index contributed by atoms with van der Waals surface area (Å²) < 4.78 is 5.31. The number of methoxy groups -OCH3 is 1. The summed E-state index contributed by atoms with van der Waals surface area (Å²) in [6.07, 6.45) is 0. The molecule has 2 nitrogen and oxygen atoms in total. The SMILES string of the molecule is COCC(NCC(C)C(C)(C)C)c1ccccc1. The molecule has 0 bridgehead atoms. The van der Waals surface area contributed by atoms with E-state index in [4.69, 9.17) is 4.74 Å². The Balaban J connectivity index is 2.59. The molecule has 2 atom stereocenters. The van der Waals surface area contributed by atoms with Crippen molar-refractivity contribution in [2.45, 2.75) is 33.7 Å². The molecule has 0 saturated heterocycles. The van der Waals surface area contributed by atoms with Gasteiger partial charge in [-0.05, 0) is 23.4 Å². The Kier molecular flexibility index (Phi) is 5.83. The van der Waals surface area contributed by atoms with Crippen molar-refractivity contribution in [1.82, 2.24) is 5.32 Å². The molecule has 0 aliphatic carbocycles. The van der Waals surface area contributed by atoms with Crippen LogP contribution in [0.3, 0.4) is 0 Å². The molecule has 0 amide bonds. The van der Waals surface area contributed by atoms with E-state index < -0.39 is 0 Å². The van der Waals surface area contributed by atoms with Crippen LogP contribution < -0.4 is 5.32 Å². The second-order valence-corrected chi connectivity index (χ2v) is 6.09. The number of nitrogens with one attached hydrogen (secondary N) is 1. The Labute approximate surface area is 112 Å². The molecular formula is C16H27NO. The standard InChI is InChI=1S/C16H27NO/c1-13(16(2,3)4)11-17-15(12-18-5)14-9-7-6-8-10-14/h6-10,13,15,17H,11-12H2,1-5H3. The quantitative estimate of drug-likeness (QED) is 0.831. The summed E-state index contributed by atoms with van der Waals surface area (Å²) >= 11 is 0. The maximum Gasteiger partial charge on any atom is 0.0657 e. The van der Waals surface area contributed by atoms with Gasteiger partial charge in [0.15, 0.2) is 0 Å². The summed E-state index contributed by atoms with van der Waals surface area (Å²) in [4.78, 5) is 0. The maximum atomic E-state index is 5.31. The summed E-state index contributed by atoms with van der Waals surface area (Å²) in [6, 6.07) is 10.8. The van der Waals surface area contributed by atoms with Crippen molar-refractivity contribution in [3.63, 3.8) is 0 Å². The van der Waals surface area contributed by atoms with Gasteiger partial charge in [-0.15, -0.1) is 0 Å². The zero-order valence-corrected chi connectivity index (χ0v) is 12.4. The highest BCUT2D eigenvalue weighted by molar-refractivity contribution is 5.18. The zero-order chi connectivity index (χ0) is 13.6. The predicted molar refractivity (Wildman–Crippen MR) is 77.7 cm³/mol. The van der Waals surface area contributed by atoms with Crippen LogP contribution >= 0.6 is 0 Å². The third-order valence-electron chi connectivity index (χ3n) is 3.68. The number of ether oxygens (including phenoxy) is 1. The fourth-order valence-electron chi connectivity index (χ4n) is 1.75. The minimum Gasteiger partial charge on any atom is -0.383 e. The van der Waals surface area contributed by atoms with Crippen LogP contribution in [0.1, 0.15) is 39.3 Å².